The van der Waals surface area contributed by atoms with Gasteiger partial charge < -0.3 is 4.74 Å². The molecule has 0 radical (unpaired) electrons. The Morgan fingerprint density at radius 1 is 1.03 bits per heavy atom. The zero-order valence-electron chi connectivity index (χ0n) is 24.3. The van der Waals surface area contributed by atoms with Crippen molar-refractivity contribution in [3.8, 4) is 0 Å². The Balaban J connectivity index is 1.57. The van der Waals surface area contributed by atoms with Crippen LogP contribution in [0.5, 0.6) is 0 Å². The molecule has 0 amide bonds. The van der Waals surface area contributed by atoms with Crippen LogP contribution in [0, 0.1) is 51.8 Å². The van der Waals surface area contributed by atoms with E-state index in [-0.39, 0.29) is 17.0 Å². The summed E-state index contributed by atoms with van der Waals surface area (Å²) >= 11 is 0. The van der Waals surface area contributed by atoms with E-state index in [4.69, 9.17) is 4.74 Å². The van der Waals surface area contributed by atoms with Gasteiger partial charge in [-0.05, 0) is 105 Å². The second-order valence-electron chi connectivity index (χ2n) is 14.5. The Hall–Kier alpha value is -1.05. The van der Waals surface area contributed by atoms with Gasteiger partial charge in [0.05, 0.1) is 0 Å². The molecule has 9 atom stereocenters. The first-order valence-corrected chi connectivity index (χ1v) is 14.8. The molecule has 1 heterocycles. The van der Waals surface area contributed by atoms with Crippen LogP contribution in [0.3, 0.4) is 0 Å². The van der Waals surface area contributed by atoms with E-state index < -0.39 is 0 Å². The van der Waals surface area contributed by atoms with Gasteiger partial charge in [-0.25, -0.2) is 0 Å². The Labute approximate surface area is 216 Å². The predicted octanol–water partition coefficient (Wildman–Crippen LogP) is 9.15. The minimum Gasteiger partial charge on any atom is -0.458 e. The number of hydrogen-bond acceptors (Lipinski definition) is 2. The lowest BCUT2D eigenvalue weighted by atomic mass is 9.43. The summed E-state index contributed by atoms with van der Waals surface area (Å²) in [6.07, 6.45) is 11.5. The van der Waals surface area contributed by atoms with E-state index in [0.29, 0.717) is 46.8 Å². The number of hydrogen-bond donors (Lipinski definition) is 0. The SMILES string of the molecule is C=C(C)[C@@H]1CC[C@@H]2[C@H](CC[C@]3(C)[C@@H]([C@H](C)C[C@@H](C)C(=C)C(C)(C)CC)CC[C@@]23C)[C@@]12CCC(=O)O2. The molecule has 3 saturated carbocycles. The molecule has 198 valence electrons. The number of fused-ring (bicyclic) bond motifs is 4. The Morgan fingerprint density at radius 2 is 1.69 bits per heavy atom. The van der Waals surface area contributed by atoms with Crippen molar-refractivity contribution in [2.45, 2.75) is 125 Å². The minimum absolute atomic E-state index is 0.0255. The predicted molar refractivity (Wildman–Crippen MR) is 147 cm³/mol. The largest absolute Gasteiger partial charge is 0.458 e. The number of allylic oxidation sites excluding steroid dienone is 1. The number of carbonyl (C=O) groups is 1. The Morgan fingerprint density at radius 3 is 2.26 bits per heavy atom. The average Bonchev–Trinajstić information content (AvgIpc) is 3.30. The van der Waals surface area contributed by atoms with Crippen molar-refractivity contribution in [2.75, 3.05) is 0 Å². The fourth-order valence-corrected chi connectivity index (χ4v) is 10.1. The molecule has 4 rings (SSSR count). The van der Waals surface area contributed by atoms with E-state index in [1.165, 1.54) is 49.7 Å². The van der Waals surface area contributed by atoms with Gasteiger partial charge in [0, 0.05) is 18.3 Å². The summed E-state index contributed by atoms with van der Waals surface area (Å²) in [6.45, 7) is 28.3. The van der Waals surface area contributed by atoms with Gasteiger partial charge >= 0.3 is 5.97 Å². The van der Waals surface area contributed by atoms with E-state index in [9.17, 15) is 4.79 Å². The van der Waals surface area contributed by atoms with Gasteiger partial charge in [0.2, 0.25) is 0 Å². The van der Waals surface area contributed by atoms with Gasteiger partial charge in [-0.1, -0.05) is 72.8 Å². The van der Waals surface area contributed by atoms with Crippen LogP contribution >= 0.6 is 0 Å². The first-order chi connectivity index (χ1) is 16.2. The molecular weight excluding hydrogens is 428 g/mol. The highest BCUT2D eigenvalue weighted by atomic mass is 16.6. The summed E-state index contributed by atoms with van der Waals surface area (Å²) < 4.78 is 6.35. The highest BCUT2D eigenvalue weighted by molar-refractivity contribution is 5.72. The summed E-state index contributed by atoms with van der Waals surface area (Å²) in [4.78, 5) is 12.5. The van der Waals surface area contributed by atoms with Gasteiger partial charge in [-0.3, -0.25) is 4.79 Å². The number of rotatable bonds is 7. The zero-order valence-corrected chi connectivity index (χ0v) is 24.3. The van der Waals surface area contributed by atoms with E-state index in [1.54, 1.807) is 0 Å². The topological polar surface area (TPSA) is 26.3 Å². The van der Waals surface area contributed by atoms with Crippen LogP contribution in [0.1, 0.15) is 120 Å². The smallest absolute Gasteiger partial charge is 0.306 e. The molecule has 2 nitrogen and oxygen atoms in total. The molecule has 4 aliphatic rings. The summed E-state index contributed by atoms with van der Waals surface area (Å²) in [5, 5.41) is 0. The third-order valence-electron chi connectivity index (χ3n) is 12.7. The van der Waals surface area contributed by atoms with Crippen LogP contribution in [0.25, 0.3) is 0 Å². The number of esters is 1. The average molecular weight is 483 g/mol. The van der Waals surface area contributed by atoms with E-state index in [1.807, 2.05) is 0 Å². The van der Waals surface area contributed by atoms with Gasteiger partial charge in [-0.2, -0.15) is 0 Å². The normalized spacial score (nSPS) is 42.8. The lowest BCUT2D eigenvalue weighted by Gasteiger charge is -2.63. The van der Waals surface area contributed by atoms with Crippen molar-refractivity contribution in [1.82, 2.24) is 0 Å². The van der Waals surface area contributed by atoms with Gasteiger partial charge in [0.25, 0.3) is 0 Å². The summed E-state index contributed by atoms with van der Waals surface area (Å²) in [7, 11) is 0. The molecule has 0 aromatic heterocycles. The van der Waals surface area contributed by atoms with Gasteiger partial charge in [0.15, 0.2) is 0 Å². The summed E-state index contributed by atoms with van der Waals surface area (Å²) in [6, 6.07) is 0. The maximum atomic E-state index is 12.5. The Kier molecular flexibility index (Phi) is 6.98. The molecular formula is C33H54O2. The van der Waals surface area contributed by atoms with Crippen LogP contribution in [-0.4, -0.2) is 11.6 Å². The number of carbonyl (C=O) groups excluding carboxylic acids is 1. The second kappa shape index (κ2) is 9.05. The second-order valence-corrected chi connectivity index (χ2v) is 14.5. The van der Waals surface area contributed by atoms with Gasteiger partial charge in [-0.15, -0.1) is 0 Å². The van der Waals surface area contributed by atoms with Crippen molar-refractivity contribution in [3.63, 3.8) is 0 Å². The van der Waals surface area contributed by atoms with E-state index in [2.05, 4.69) is 68.5 Å². The van der Waals surface area contributed by atoms with Crippen LogP contribution in [0.2, 0.25) is 0 Å². The highest BCUT2D eigenvalue weighted by Gasteiger charge is 2.68. The molecule has 4 fully saturated rings. The quantitative estimate of drug-likeness (QED) is 0.267. The standard InChI is InChI=1S/C33H54O2/c1-11-30(7,8)24(6)22(4)20-23(5)26-14-17-32(10)27-13-12-25(21(2)3)33(19-16-29(34)35-33)28(27)15-18-31(26,32)9/h22-23,25-28H,2,6,11-20H2,1,3-5,7-10H3/t22-,23-,25+,26-,27-,28+,31-,32+,33-/m1/s1. The van der Waals surface area contributed by atoms with Crippen LogP contribution in [0.4, 0.5) is 0 Å². The molecule has 0 N–H and O–H groups in total. The fraction of sp³-hybridized carbons (Fsp3) is 0.848. The molecule has 1 spiro atoms. The highest BCUT2D eigenvalue weighted by Crippen LogP contribution is 2.72. The van der Waals surface area contributed by atoms with E-state index in [0.717, 1.165) is 25.2 Å². The maximum Gasteiger partial charge on any atom is 0.306 e. The van der Waals surface area contributed by atoms with Gasteiger partial charge in [0.1, 0.15) is 5.60 Å². The molecule has 0 aromatic rings. The molecule has 0 aromatic carbocycles. The molecule has 1 aliphatic heterocycles. The van der Waals surface area contributed by atoms with Crippen molar-refractivity contribution >= 4 is 5.97 Å². The third kappa shape index (κ3) is 3.99. The van der Waals surface area contributed by atoms with Crippen molar-refractivity contribution < 1.29 is 9.53 Å². The first kappa shape index (κ1) is 27.0. The van der Waals surface area contributed by atoms with Crippen LogP contribution in [0.15, 0.2) is 24.3 Å². The lowest BCUT2D eigenvalue weighted by Crippen LogP contribution is -2.60. The molecule has 2 heteroatoms. The number of ether oxygens (including phenoxy) is 1. The minimum atomic E-state index is -0.280. The monoisotopic (exact) mass is 482 g/mol. The molecule has 0 unspecified atom stereocenters. The summed E-state index contributed by atoms with van der Waals surface area (Å²) in [5.74, 6) is 3.58. The van der Waals surface area contributed by atoms with Crippen molar-refractivity contribution in [1.29, 1.82) is 0 Å². The molecule has 35 heavy (non-hydrogen) atoms. The molecule has 0 bridgehead atoms. The maximum absolute atomic E-state index is 12.5. The van der Waals surface area contributed by atoms with Crippen LogP contribution < -0.4 is 0 Å². The van der Waals surface area contributed by atoms with Crippen molar-refractivity contribution in [3.05, 3.63) is 24.3 Å². The summed E-state index contributed by atoms with van der Waals surface area (Å²) in [5.41, 5.74) is 3.30. The van der Waals surface area contributed by atoms with Crippen molar-refractivity contribution in [2.24, 2.45) is 51.8 Å². The lowest BCUT2D eigenvalue weighted by molar-refractivity contribution is -0.196. The molecule has 3 aliphatic carbocycles. The first-order valence-electron chi connectivity index (χ1n) is 14.8. The molecule has 1 saturated heterocycles. The fourth-order valence-electron chi connectivity index (χ4n) is 10.1. The van der Waals surface area contributed by atoms with E-state index >= 15 is 0 Å². The Bertz CT molecular complexity index is 868. The zero-order chi connectivity index (χ0) is 26.0. The van der Waals surface area contributed by atoms with Crippen LogP contribution in [-0.2, 0) is 9.53 Å². The third-order valence-corrected chi connectivity index (χ3v) is 12.7.